The van der Waals surface area contributed by atoms with Crippen LogP contribution in [0, 0.1) is 69.0 Å². The lowest BCUT2D eigenvalue weighted by Crippen LogP contribution is -2.55. The van der Waals surface area contributed by atoms with Crippen LogP contribution in [0.2, 0.25) is 0 Å². The number of rotatable bonds is 16. The van der Waals surface area contributed by atoms with E-state index in [1.807, 2.05) is 55.4 Å². The second-order valence-electron chi connectivity index (χ2n) is 24.3. The number of cyclic esters (lactones) is 4. The number of benzene rings is 2. The molecule has 0 bridgehead atoms. The molecule has 5 rings (SSSR count). The molecule has 22 heteroatoms. The van der Waals surface area contributed by atoms with Crippen molar-refractivity contribution in [3.05, 3.63) is 118 Å². The van der Waals surface area contributed by atoms with Gasteiger partial charge in [0, 0.05) is 54.1 Å². The van der Waals surface area contributed by atoms with Gasteiger partial charge in [-0.25, -0.2) is 19.2 Å². The van der Waals surface area contributed by atoms with Crippen molar-refractivity contribution in [2.75, 3.05) is 28.2 Å². The van der Waals surface area contributed by atoms with Crippen molar-refractivity contribution in [2.45, 2.75) is 169 Å². The normalized spacial score (nSPS) is 21.8. The molecule has 0 N–H and O–H groups in total. The largest absolute Gasteiger partial charge is 0.451 e. The highest BCUT2D eigenvalue weighted by Crippen LogP contribution is 2.26. The number of carbonyl (C=O) groups is 8. The van der Waals surface area contributed by atoms with Gasteiger partial charge < -0.3 is 47.7 Å². The van der Waals surface area contributed by atoms with Gasteiger partial charge in [-0.05, 0) is 110 Å². The van der Waals surface area contributed by atoms with Crippen LogP contribution in [0.15, 0.2) is 72.8 Å². The Hall–Kier alpha value is -9.28. The smallest absolute Gasteiger partial charge is 0.329 e. The zero-order chi connectivity index (χ0) is 65.4. The Balaban J connectivity index is 1.60. The van der Waals surface area contributed by atoms with E-state index in [0.29, 0.717) is 22.3 Å². The average molecular weight is 1210 g/mol. The lowest BCUT2D eigenvalue weighted by molar-refractivity contribution is -0.176. The molecule has 468 valence electrons. The molecular formula is C66H82N10O12. The van der Waals surface area contributed by atoms with E-state index in [4.69, 9.17) is 18.9 Å². The van der Waals surface area contributed by atoms with Crippen LogP contribution in [0.3, 0.4) is 0 Å². The molecule has 4 aromatic rings. The van der Waals surface area contributed by atoms with Crippen molar-refractivity contribution in [3.63, 3.8) is 0 Å². The number of likely N-dealkylation sites (N-methyl/N-ethyl adjacent to an activating group) is 4. The molecule has 1 fully saturated rings. The van der Waals surface area contributed by atoms with Crippen LogP contribution in [0.25, 0.3) is 0 Å². The lowest BCUT2D eigenvalue weighted by atomic mass is 9.99. The van der Waals surface area contributed by atoms with Crippen molar-refractivity contribution in [3.8, 4) is 24.3 Å². The minimum Gasteiger partial charge on any atom is -0.451 e. The number of ether oxygens (including phenoxy) is 4. The number of esters is 4. The lowest BCUT2D eigenvalue weighted by Gasteiger charge is -2.35. The zero-order valence-electron chi connectivity index (χ0n) is 52.9. The van der Waals surface area contributed by atoms with Gasteiger partial charge in [-0.1, -0.05) is 104 Å². The molecular weight excluding hydrogens is 1120 g/mol. The van der Waals surface area contributed by atoms with Crippen molar-refractivity contribution < 1.29 is 57.3 Å². The average Bonchev–Trinajstić information content (AvgIpc) is 4.13. The van der Waals surface area contributed by atoms with Crippen LogP contribution in [0.1, 0.15) is 140 Å². The summed E-state index contributed by atoms with van der Waals surface area (Å²) in [6.45, 7) is 17.5. The number of amides is 4. The summed E-state index contributed by atoms with van der Waals surface area (Å²) in [4.78, 5) is 122. The van der Waals surface area contributed by atoms with Crippen molar-refractivity contribution in [2.24, 2.45) is 23.7 Å². The summed E-state index contributed by atoms with van der Waals surface area (Å²) in [5.41, 5.74) is 3.52. The highest BCUT2D eigenvalue weighted by atomic mass is 16.6. The summed E-state index contributed by atoms with van der Waals surface area (Å²) in [7, 11) is 5.38. The molecule has 0 spiro atoms. The molecule has 2 aromatic heterocycles. The van der Waals surface area contributed by atoms with Crippen LogP contribution in [0.4, 0.5) is 0 Å². The molecule has 1 saturated heterocycles. The maximum absolute atomic E-state index is 15.1. The third-order valence-corrected chi connectivity index (χ3v) is 15.5. The first-order chi connectivity index (χ1) is 41.5. The Kier molecular flexibility index (Phi) is 24.8. The van der Waals surface area contributed by atoms with Crippen molar-refractivity contribution in [1.82, 2.24) is 28.7 Å². The predicted molar refractivity (Wildman–Crippen MR) is 321 cm³/mol. The summed E-state index contributed by atoms with van der Waals surface area (Å²) in [6, 6.07) is 22.8. The Morgan fingerprint density at radius 3 is 0.830 bits per heavy atom. The Morgan fingerprint density at radius 1 is 0.364 bits per heavy atom. The van der Waals surface area contributed by atoms with Crippen LogP contribution < -0.4 is 0 Å². The second-order valence-corrected chi connectivity index (χ2v) is 24.3. The van der Waals surface area contributed by atoms with Crippen LogP contribution >= 0.6 is 0 Å². The van der Waals surface area contributed by atoms with Gasteiger partial charge in [0.25, 0.3) is 23.6 Å². The SMILES string of the molecule is CC(C)C[C@H]1C(=O)O[C@H](Cc2ccc(Cn3c(C#N)ccc3C#N)cc2)C(=O)N(C)[C@@H](CC(C)C)C(=O)O[C@H](C)C(=O)N(C)[C@@H](CC(C)C)C(=O)O[C@H](Cc2ccc(Cn3c(C#N)ccc3C#N)cc2)C(=O)N(C)[C@@H](CC(C)C)C(=O)O[C@H](C)C(=O)N1C. The van der Waals surface area contributed by atoms with E-state index >= 15 is 9.59 Å². The van der Waals surface area contributed by atoms with E-state index < -0.39 is 96.1 Å². The summed E-state index contributed by atoms with van der Waals surface area (Å²) in [5, 5.41) is 38.8. The molecule has 0 saturated carbocycles. The maximum Gasteiger partial charge on any atom is 0.329 e. The van der Waals surface area contributed by atoms with Crippen LogP contribution in [0.5, 0.6) is 0 Å². The van der Waals surface area contributed by atoms with Gasteiger partial charge in [-0.3, -0.25) is 19.2 Å². The molecule has 8 atom stereocenters. The van der Waals surface area contributed by atoms with Crippen LogP contribution in [-0.2, 0) is 83.2 Å². The van der Waals surface area contributed by atoms with E-state index in [0.717, 1.165) is 19.6 Å². The van der Waals surface area contributed by atoms with Gasteiger partial charge in [0.1, 0.15) is 71.2 Å². The highest BCUT2D eigenvalue weighted by molar-refractivity contribution is 5.94. The number of carbonyl (C=O) groups excluding carboxylic acids is 8. The monoisotopic (exact) mass is 1210 g/mol. The summed E-state index contributed by atoms with van der Waals surface area (Å²) in [5.74, 6) is -8.16. The fraction of sp³-hybridized carbons (Fsp3) is 0.515. The highest BCUT2D eigenvalue weighted by Gasteiger charge is 2.43. The number of aromatic nitrogens is 2. The van der Waals surface area contributed by atoms with Crippen molar-refractivity contribution >= 4 is 47.5 Å². The minimum absolute atomic E-state index is 0.0239. The Bertz CT molecular complexity index is 3040. The first-order valence-corrected chi connectivity index (χ1v) is 29.6. The number of hydrogen-bond donors (Lipinski definition) is 0. The third-order valence-electron chi connectivity index (χ3n) is 15.5. The van der Waals surface area contributed by atoms with Gasteiger partial charge in [-0.15, -0.1) is 0 Å². The fourth-order valence-electron chi connectivity index (χ4n) is 10.5. The molecule has 0 aliphatic carbocycles. The number of nitriles is 4. The molecule has 0 unspecified atom stereocenters. The summed E-state index contributed by atoms with van der Waals surface area (Å²) < 4.78 is 27.3. The molecule has 3 heterocycles. The van der Waals surface area contributed by atoms with E-state index in [2.05, 4.69) is 24.3 Å². The second kappa shape index (κ2) is 31.4. The van der Waals surface area contributed by atoms with Crippen LogP contribution in [-0.4, -0.2) is 153 Å². The van der Waals surface area contributed by atoms with E-state index in [1.54, 1.807) is 81.9 Å². The molecule has 0 radical (unpaired) electrons. The molecule has 2 aromatic carbocycles. The zero-order valence-corrected chi connectivity index (χ0v) is 52.9. The number of nitrogens with zero attached hydrogens (tertiary/aromatic N) is 10. The Labute approximate surface area is 516 Å². The predicted octanol–water partition coefficient (Wildman–Crippen LogP) is 6.85. The first kappa shape index (κ1) is 69.5. The minimum atomic E-state index is -1.63. The quantitative estimate of drug-likeness (QED) is 0.0818. The third kappa shape index (κ3) is 17.9. The van der Waals surface area contributed by atoms with Gasteiger partial charge >= 0.3 is 23.9 Å². The topological polar surface area (TPSA) is 291 Å². The summed E-state index contributed by atoms with van der Waals surface area (Å²) in [6.07, 6.45) is -6.72. The molecule has 88 heavy (non-hydrogen) atoms. The maximum atomic E-state index is 15.1. The van der Waals surface area contributed by atoms with E-state index in [-0.39, 0.29) is 98.1 Å². The van der Waals surface area contributed by atoms with Gasteiger partial charge in [0.05, 0.1) is 0 Å². The Morgan fingerprint density at radius 2 is 0.591 bits per heavy atom. The fourth-order valence-corrected chi connectivity index (χ4v) is 10.5. The summed E-state index contributed by atoms with van der Waals surface area (Å²) >= 11 is 0. The molecule has 22 nitrogen and oxygen atoms in total. The number of hydrogen-bond acceptors (Lipinski definition) is 16. The van der Waals surface area contributed by atoms with E-state index in [1.165, 1.54) is 42.0 Å². The standard InChI is InChI=1S/C66H82N10O12/c1-39(2)27-53-63(81)85-43(9)59(77)71(11)56(30-42(7)8)66(84)88-58(32-46-17-21-48(22-18-46)38-76-51(35-69)25-26-52(76)36-70)62(80)74(14)54(28-40(3)4)64(82)86-44(10)60(78)72(12)55(29-41(5)6)65(83)87-57(61(79)73(53)13)31-45-15-19-47(20-16-45)37-75-49(33-67)23-24-50(75)34-68/h15-26,39-44,53-58H,27-32,37-38H2,1-14H3/t43-,44-,53+,54+,55+,56+,57-,58-/m1/s1. The molecule has 4 amide bonds. The van der Waals surface area contributed by atoms with E-state index in [9.17, 15) is 49.8 Å². The van der Waals surface area contributed by atoms with Gasteiger partial charge in [-0.2, -0.15) is 21.0 Å². The van der Waals surface area contributed by atoms with Gasteiger partial charge in [0.15, 0.2) is 24.4 Å². The molecule has 1 aliphatic heterocycles. The first-order valence-electron chi connectivity index (χ1n) is 29.6. The molecule has 1 aliphatic rings. The van der Waals surface area contributed by atoms with Crippen molar-refractivity contribution in [1.29, 1.82) is 21.0 Å². The van der Waals surface area contributed by atoms with Gasteiger partial charge in [0.2, 0.25) is 0 Å².